The van der Waals surface area contributed by atoms with E-state index >= 15 is 0 Å². The Morgan fingerprint density at radius 2 is 1.68 bits per heavy atom. The van der Waals surface area contributed by atoms with Gasteiger partial charge in [-0.05, 0) is 51.5 Å². The van der Waals surface area contributed by atoms with E-state index in [4.69, 9.17) is 21.4 Å². The van der Waals surface area contributed by atoms with E-state index in [-0.39, 0.29) is 6.54 Å². The number of carbonyl (C=O) groups is 1. The lowest BCUT2D eigenvalue weighted by molar-refractivity contribution is -0.137. The molecule has 3 aromatic rings. The number of fused-ring (bicyclic) bond motifs is 1. The monoisotopic (exact) mass is 696 g/mol. The lowest BCUT2D eigenvalue weighted by Gasteiger charge is -2.37. The number of halogens is 4. The standard InChI is InChI=1S/C32H40ClF3N6O4S/c1-31(2,3)46-30(43)41-16-13-27-24(21-41)28(22-9-11-23(12-10-22)32(34,35)36)37-42(27)15-6-14-39-17-19-40(20-18-39)29-25(33)7-5-8-26(29)38-47(4,44)45/h5,7-12,38H,6,13-21H2,1-4H3. The number of benzene rings is 2. The van der Waals surface area contributed by atoms with Crippen molar-refractivity contribution in [3.63, 3.8) is 0 Å². The minimum atomic E-state index is -4.45. The number of carbonyl (C=O) groups excluding carboxylic acids is 1. The van der Waals surface area contributed by atoms with Crippen LogP contribution in [0.5, 0.6) is 0 Å². The molecule has 2 aliphatic heterocycles. The van der Waals surface area contributed by atoms with Crippen LogP contribution in [-0.4, -0.2) is 85.2 Å². The quantitative estimate of drug-likeness (QED) is 0.304. The van der Waals surface area contributed by atoms with Crippen molar-refractivity contribution < 1.29 is 31.1 Å². The number of rotatable bonds is 8. The van der Waals surface area contributed by atoms with Crippen molar-refractivity contribution in [2.24, 2.45) is 0 Å². The molecule has 0 radical (unpaired) electrons. The van der Waals surface area contributed by atoms with Gasteiger partial charge in [0, 0.05) is 69.1 Å². The Hall–Kier alpha value is -3.49. The van der Waals surface area contributed by atoms with Gasteiger partial charge in [-0.15, -0.1) is 0 Å². The second-order valence-electron chi connectivity index (χ2n) is 12.9. The zero-order chi connectivity index (χ0) is 34.1. The van der Waals surface area contributed by atoms with Gasteiger partial charge < -0.3 is 14.5 Å². The molecule has 47 heavy (non-hydrogen) atoms. The first-order valence-corrected chi connectivity index (χ1v) is 17.7. The fourth-order valence-electron chi connectivity index (χ4n) is 5.97. The fraction of sp³-hybridized carbons (Fsp3) is 0.500. The third kappa shape index (κ3) is 8.71. The Bertz CT molecular complexity index is 1700. The molecule has 0 unspecified atom stereocenters. The number of hydrogen-bond acceptors (Lipinski definition) is 7. The van der Waals surface area contributed by atoms with Gasteiger partial charge in [-0.2, -0.15) is 18.3 Å². The number of para-hydroxylation sites is 1. The van der Waals surface area contributed by atoms with E-state index in [0.29, 0.717) is 60.3 Å². The number of ether oxygens (including phenoxy) is 1. The van der Waals surface area contributed by atoms with Gasteiger partial charge in [0.1, 0.15) is 5.60 Å². The van der Waals surface area contributed by atoms with E-state index in [2.05, 4.69) is 14.5 Å². The molecule has 256 valence electrons. The summed E-state index contributed by atoms with van der Waals surface area (Å²) >= 11 is 6.49. The van der Waals surface area contributed by atoms with Gasteiger partial charge in [-0.3, -0.25) is 14.3 Å². The van der Waals surface area contributed by atoms with Crippen LogP contribution in [0.25, 0.3) is 11.3 Å². The van der Waals surface area contributed by atoms with Crippen LogP contribution in [0.1, 0.15) is 44.0 Å². The van der Waals surface area contributed by atoms with Crippen LogP contribution < -0.4 is 9.62 Å². The summed E-state index contributed by atoms with van der Waals surface area (Å²) in [5.41, 5.74) is 2.62. The predicted molar refractivity (Wildman–Crippen MR) is 176 cm³/mol. The second-order valence-corrected chi connectivity index (χ2v) is 15.1. The molecule has 1 aromatic heterocycles. The lowest BCUT2D eigenvalue weighted by Crippen LogP contribution is -2.47. The van der Waals surface area contributed by atoms with Crippen LogP contribution in [0.2, 0.25) is 5.02 Å². The minimum Gasteiger partial charge on any atom is -0.444 e. The third-order valence-electron chi connectivity index (χ3n) is 8.09. The smallest absolute Gasteiger partial charge is 0.416 e. The van der Waals surface area contributed by atoms with E-state index in [9.17, 15) is 26.4 Å². The van der Waals surface area contributed by atoms with Gasteiger partial charge in [-0.25, -0.2) is 13.2 Å². The second kappa shape index (κ2) is 13.6. The van der Waals surface area contributed by atoms with Crippen molar-refractivity contribution in [1.29, 1.82) is 0 Å². The molecule has 3 heterocycles. The minimum absolute atomic E-state index is 0.251. The van der Waals surface area contributed by atoms with E-state index < -0.39 is 33.5 Å². The highest BCUT2D eigenvalue weighted by Gasteiger charge is 2.33. The van der Waals surface area contributed by atoms with Crippen LogP contribution in [-0.2, 0) is 40.4 Å². The summed E-state index contributed by atoms with van der Waals surface area (Å²) in [4.78, 5) is 18.9. The van der Waals surface area contributed by atoms with Gasteiger partial charge in [-0.1, -0.05) is 29.8 Å². The Morgan fingerprint density at radius 3 is 2.30 bits per heavy atom. The van der Waals surface area contributed by atoms with E-state index in [1.807, 2.05) is 4.68 Å². The summed E-state index contributed by atoms with van der Waals surface area (Å²) in [6.45, 7) is 10.3. The van der Waals surface area contributed by atoms with Gasteiger partial charge in [0.05, 0.1) is 40.5 Å². The number of alkyl halides is 3. The normalized spacial score (nSPS) is 16.3. The predicted octanol–water partition coefficient (Wildman–Crippen LogP) is 6.10. The maximum absolute atomic E-state index is 13.3. The lowest BCUT2D eigenvalue weighted by atomic mass is 10.00. The number of piperazine rings is 1. The van der Waals surface area contributed by atoms with Crippen molar-refractivity contribution in [3.8, 4) is 11.3 Å². The molecule has 2 aromatic carbocycles. The molecule has 1 amide bonds. The highest BCUT2D eigenvalue weighted by molar-refractivity contribution is 7.92. The molecule has 0 aliphatic carbocycles. The number of hydrogen-bond donors (Lipinski definition) is 1. The molecular weight excluding hydrogens is 657 g/mol. The maximum atomic E-state index is 13.3. The summed E-state index contributed by atoms with van der Waals surface area (Å²) in [5.74, 6) is 0. The SMILES string of the molecule is CC(C)(C)OC(=O)N1CCc2c(c(-c3ccc(C(F)(F)F)cc3)nn2CCCN2CCN(c3c(Cl)cccc3NS(C)(=O)=O)CC2)C1. The van der Waals surface area contributed by atoms with Crippen molar-refractivity contribution in [1.82, 2.24) is 19.6 Å². The van der Waals surface area contributed by atoms with Gasteiger partial charge in [0.2, 0.25) is 10.0 Å². The number of amides is 1. The van der Waals surface area contributed by atoms with Crippen LogP contribution in [0.4, 0.5) is 29.3 Å². The molecule has 2 aliphatic rings. The van der Waals surface area contributed by atoms with E-state index in [0.717, 1.165) is 55.7 Å². The molecule has 0 spiro atoms. The summed E-state index contributed by atoms with van der Waals surface area (Å²) in [6, 6.07) is 10.1. The number of anilines is 2. The molecule has 10 nitrogen and oxygen atoms in total. The highest BCUT2D eigenvalue weighted by atomic mass is 35.5. The number of nitrogens with one attached hydrogen (secondary N) is 1. The van der Waals surface area contributed by atoms with Crippen molar-refractivity contribution in [3.05, 3.63) is 64.3 Å². The number of aromatic nitrogens is 2. The summed E-state index contributed by atoms with van der Waals surface area (Å²) in [7, 11) is -3.47. The van der Waals surface area contributed by atoms with Crippen LogP contribution in [0.3, 0.4) is 0 Å². The van der Waals surface area contributed by atoms with Crippen LogP contribution in [0.15, 0.2) is 42.5 Å². The molecule has 1 fully saturated rings. The average Bonchev–Trinajstić information content (AvgIpc) is 3.33. The Kier molecular flexibility index (Phi) is 10.0. The largest absolute Gasteiger partial charge is 0.444 e. The summed E-state index contributed by atoms with van der Waals surface area (Å²) in [5, 5.41) is 5.34. The molecular formula is C32H40ClF3N6O4S. The zero-order valence-corrected chi connectivity index (χ0v) is 28.5. The summed E-state index contributed by atoms with van der Waals surface area (Å²) < 4.78 is 73.6. The fourth-order valence-corrected chi connectivity index (χ4v) is 6.82. The molecule has 0 atom stereocenters. The average molecular weight is 697 g/mol. The molecule has 15 heteroatoms. The van der Waals surface area contributed by atoms with E-state index in [1.54, 1.807) is 43.9 Å². The number of nitrogens with zero attached hydrogens (tertiary/aromatic N) is 5. The first kappa shape index (κ1) is 34.8. The number of sulfonamides is 1. The number of aryl methyl sites for hydroxylation is 1. The molecule has 1 saturated heterocycles. The van der Waals surface area contributed by atoms with Crippen molar-refractivity contribution >= 4 is 39.1 Å². The Labute approximate surface area is 278 Å². The molecule has 5 rings (SSSR count). The van der Waals surface area contributed by atoms with Gasteiger partial charge in [0.25, 0.3) is 0 Å². The maximum Gasteiger partial charge on any atom is 0.416 e. The molecule has 1 N–H and O–H groups in total. The Balaban J connectivity index is 1.27. The van der Waals surface area contributed by atoms with Gasteiger partial charge >= 0.3 is 12.3 Å². The van der Waals surface area contributed by atoms with Gasteiger partial charge in [0.15, 0.2) is 0 Å². The van der Waals surface area contributed by atoms with E-state index in [1.165, 1.54) is 12.1 Å². The van der Waals surface area contributed by atoms with Crippen molar-refractivity contribution in [2.75, 3.05) is 55.1 Å². The van der Waals surface area contributed by atoms with Crippen LogP contribution in [0, 0.1) is 0 Å². The van der Waals surface area contributed by atoms with Crippen molar-refractivity contribution in [2.45, 2.75) is 58.5 Å². The first-order valence-electron chi connectivity index (χ1n) is 15.5. The summed E-state index contributed by atoms with van der Waals surface area (Å²) in [6.07, 6.45) is -2.45. The highest BCUT2D eigenvalue weighted by Crippen LogP contribution is 2.36. The topological polar surface area (TPSA) is 100 Å². The molecule has 0 saturated carbocycles. The van der Waals surface area contributed by atoms with Crippen LogP contribution >= 0.6 is 11.6 Å². The Morgan fingerprint density at radius 1 is 1.00 bits per heavy atom. The molecule has 0 bridgehead atoms. The first-order chi connectivity index (χ1) is 22.0. The third-order valence-corrected chi connectivity index (χ3v) is 8.98. The zero-order valence-electron chi connectivity index (χ0n) is 26.9.